The molecule has 12 heteroatoms. The Kier molecular flexibility index (Phi) is 6.03. The van der Waals surface area contributed by atoms with Crippen molar-refractivity contribution < 1.29 is 28.3 Å². The number of thioether (sulfide) groups is 1. The van der Waals surface area contributed by atoms with E-state index in [1.165, 1.54) is 0 Å². The van der Waals surface area contributed by atoms with Gasteiger partial charge in [0, 0.05) is 5.56 Å². The van der Waals surface area contributed by atoms with Crippen LogP contribution < -0.4 is 20.2 Å². The summed E-state index contributed by atoms with van der Waals surface area (Å²) in [5.74, 6) is 0.262. The lowest BCUT2D eigenvalue weighted by Crippen LogP contribution is -2.49. The topological polar surface area (TPSA) is 136 Å². The molecule has 0 spiro atoms. The number of urea groups is 1. The number of aryl methyl sites for hydroxylation is 1. The van der Waals surface area contributed by atoms with Crippen LogP contribution in [-0.2, 0) is 16.0 Å². The normalized spacial score (nSPS) is 18.6. The first-order chi connectivity index (χ1) is 16.9. The minimum Gasteiger partial charge on any atom is -0.454 e. The summed E-state index contributed by atoms with van der Waals surface area (Å²) >= 11 is 0.985. The molecule has 2 N–H and O–H groups in total. The summed E-state index contributed by atoms with van der Waals surface area (Å²) in [6.45, 7) is 1.80. The van der Waals surface area contributed by atoms with E-state index in [1.54, 1.807) is 25.1 Å². The van der Waals surface area contributed by atoms with Crippen molar-refractivity contribution in [2.45, 2.75) is 30.5 Å². The molecule has 3 heterocycles. The molecule has 5 rings (SSSR count). The van der Waals surface area contributed by atoms with Crippen LogP contribution >= 0.6 is 11.8 Å². The fourth-order valence-corrected chi connectivity index (χ4v) is 4.25. The number of amides is 4. The van der Waals surface area contributed by atoms with Crippen LogP contribution in [0.2, 0.25) is 0 Å². The number of hydrazine groups is 1. The molecular formula is C23H21N5O6S. The van der Waals surface area contributed by atoms with E-state index in [0.29, 0.717) is 29.9 Å². The smallest absolute Gasteiger partial charge is 0.344 e. The predicted octanol–water partition coefficient (Wildman–Crippen LogP) is 2.53. The summed E-state index contributed by atoms with van der Waals surface area (Å²) in [6, 6.07) is 14.2. The van der Waals surface area contributed by atoms with Crippen LogP contribution in [0.5, 0.6) is 11.5 Å². The van der Waals surface area contributed by atoms with Crippen molar-refractivity contribution in [3.63, 3.8) is 0 Å². The third kappa shape index (κ3) is 4.78. The minimum atomic E-state index is -1.11. The largest absolute Gasteiger partial charge is 0.454 e. The summed E-state index contributed by atoms with van der Waals surface area (Å²) in [5, 5.41) is 11.5. The van der Waals surface area contributed by atoms with E-state index >= 15 is 0 Å². The van der Waals surface area contributed by atoms with Crippen molar-refractivity contribution in [2.75, 3.05) is 12.5 Å². The highest BCUT2D eigenvalue weighted by Gasteiger charge is 2.48. The van der Waals surface area contributed by atoms with Crippen LogP contribution in [0.25, 0.3) is 11.5 Å². The highest BCUT2D eigenvalue weighted by molar-refractivity contribution is 7.99. The van der Waals surface area contributed by atoms with Crippen molar-refractivity contribution in [1.82, 2.24) is 25.9 Å². The molecule has 4 amide bonds. The molecule has 0 aliphatic carbocycles. The van der Waals surface area contributed by atoms with Crippen molar-refractivity contribution in [2.24, 2.45) is 0 Å². The van der Waals surface area contributed by atoms with Gasteiger partial charge in [-0.3, -0.25) is 15.0 Å². The number of aromatic nitrogens is 2. The number of fused-ring (bicyclic) bond motifs is 1. The summed E-state index contributed by atoms with van der Waals surface area (Å²) < 4.78 is 16.2. The maximum absolute atomic E-state index is 12.9. The van der Waals surface area contributed by atoms with Crippen LogP contribution in [-0.4, -0.2) is 51.1 Å². The molecule has 0 saturated carbocycles. The Morgan fingerprint density at radius 1 is 1.14 bits per heavy atom. The van der Waals surface area contributed by atoms with Crippen LogP contribution in [0.15, 0.2) is 58.2 Å². The van der Waals surface area contributed by atoms with E-state index in [9.17, 15) is 14.4 Å². The van der Waals surface area contributed by atoms with Crippen LogP contribution in [0.3, 0.4) is 0 Å². The minimum absolute atomic E-state index is 0.138. The zero-order valence-electron chi connectivity index (χ0n) is 18.6. The van der Waals surface area contributed by atoms with Crippen molar-refractivity contribution in [1.29, 1.82) is 0 Å². The molecule has 1 fully saturated rings. The van der Waals surface area contributed by atoms with E-state index in [0.717, 1.165) is 22.3 Å². The van der Waals surface area contributed by atoms with E-state index < -0.39 is 23.4 Å². The molecule has 35 heavy (non-hydrogen) atoms. The Balaban J connectivity index is 1.15. The van der Waals surface area contributed by atoms with E-state index in [4.69, 9.17) is 13.9 Å². The lowest BCUT2D eigenvalue weighted by Gasteiger charge is -2.21. The lowest BCUT2D eigenvalue weighted by molar-refractivity contribution is -0.138. The average Bonchev–Trinajstić information content (AvgIpc) is 3.58. The van der Waals surface area contributed by atoms with Gasteiger partial charge < -0.3 is 19.2 Å². The Bertz CT molecular complexity index is 1280. The molecule has 2 aliphatic rings. The first-order valence-electron chi connectivity index (χ1n) is 10.8. The Morgan fingerprint density at radius 2 is 1.94 bits per heavy atom. The molecule has 1 aromatic heterocycles. The second kappa shape index (κ2) is 9.29. The van der Waals surface area contributed by atoms with Gasteiger partial charge >= 0.3 is 6.03 Å². The van der Waals surface area contributed by atoms with E-state index in [1.807, 2.05) is 30.3 Å². The van der Waals surface area contributed by atoms with Gasteiger partial charge in [0.05, 0.1) is 5.75 Å². The van der Waals surface area contributed by atoms with Gasteiger partial charge in [0.15, 0.2) is 11.5 Å². The number of hydrogen-bond donors (Lipinski definition) is 2. The van der Waals surface area contributed by atoms with Gasteiger partial charge in [0.25, 0.3) is 11.1 Å². The van der Waals surface area contributed by atoms with E-state index in [-0.39, 0.29) is 23.7 Å². The third-order valence-corrected chi connectivity index (χ3v) is 6.43. The van der Waals surface area contributed by atoms with Crippen LogP contribution in [0.1, 0.15) is 18.9 Å². The molecule has 3 aromatic rings. The predicted molar refractivity (Wildman–Crippen MR) is 123 cm³/mol. The highest BCUT2D eigenvalue weighted by Crippen LogP contribution is 2.36. The van der Waals surface area contributed by atoms with Crippen LogP contribution in [0, 0.1) is 0 Å². The number of nitrogens with zero attached hydrogens (tertiary/aromatic N) is 3. The first kappa shape index (κ1) is 22.7. The van der Waals surface area contributed by atoms with Gasteiger partial charge in [-0.1, -0.05) is 42.1 Å². The van der Waals surface area contributed by atoms with Crippen molar-refractivity contribution >= 4 is 29.6 Å². The fraction of sp³-hybridized carbons (Fsp3) is 0.261. The number of rotatable bonds is 8. The number of benzene rings is 2. The summed E-state index contributed by atoms with van der Waals surface area (Å²) in [6.07, 6.45) is 0.997. The van der Waals surface area contributed by atoms with Crippen molar-refractivity contribution in [3.8, 4) is 23.0 Å². The second-order valence-electron chi connectivity index (χ2n) is 8.15. The maximum atomic E-state index is 12.9. The van der Waals surface area contributed by atoms with Gasteiger partial charge in [-0.2, -0.15) is 5.01 Å². The number of hydrogen-bond acceptors (Lipinski definition) is 9. The third-order valence-electron chi connectivity index (χ3n) is 5.61. The molecule has 0 bridgehead atoms. The van der Waals surface area contributed by atoms with Crippen molar-refractivity contribution in [3.05, 3.63) is 54.1 Å². The average molecular weight is 496 g/mol. The number of nitrogens with one attached hydrogen (secondary N) is 2. The highest BCUT2D eigenvalue weighted by atomic mass is 32.2. The van der Waals surface area contributed by atoms with Gasteiger partial charge in [0.2, 0.25) is 18.6 Å². The Hall–Kier alpha value is -4.06. The molecule has 2 aliphatic heterocycles. The fourth-order valence-electron chi connectivity index (χ4n) is 3.69. The summed E-state index contributed by atoms with van der Waals surface area (Å²) in [5.41, 5.74) is 2.94. The lowest BCUT2D eigenvalue weighted by atomic mass is 9.93. The molecule has 0 unspecified atom stereocenters. The summed E-state index contributed by atoms with van der Waals surface area (Å²) in [7, 11) is 0. The number of carbonyl (C=O) groups excluding carboxylic acids is 3. The molecule has 2 aromatic carbocycles. The summed E-state index contributed by atoms with van der Waals surface area (Å²) in [4.78, 5) is 37.7. The molecule has 1 saturated heterocycles. The quantitative estimate of drug-likeness (QED) is 0.357. The van der Waals surface area contributed by atoms with Gasteiger partial charge in [-0.25, -0.2) is 4.79 Å². The SMILES string of the molecule is C[C@@]1(CCc2ccccc2)NC(=O)N(NC(=O)CSc2nnc(-c3ccc4c(c3)OCO4)o2)C1=O. The van der Waals surface area contributed by atoms with Crippen LogP contribution in [0.4, 0.5) is 4.79 Å². The monoisotopic (exact) mass is 495 g/mol. The van der Waals surface area contributed by atoms with Gasteiger partial charge in [-0.05, 0) is 43.5 Å². The Labute approximate surface area is 204 Å². The zero-order chi connectivity index (χ0) is 24.4. The first-order valence-corrected chi connectivity index (χ1v) is 11.8. The molecule has 180 valence electrons. The van der Waals surface area contributed by atoms with Gasteiger partial charge in [-0.15, -0.1) is 10.2 Å². The maximum Gasteiger partial charge on any atom is 0.344 e. The number of imide groups is 1. The molecule has 1 atom stereocenters. The number of carbonyl (C=O) groups is 3. The molecular weight excluding hydrogens is 474 g/mol. The standard InChI is InChI=1S/C23H21N5O6S/c1-23(10-9-14-5-3-2-4-6-14)20(30)28(21(31)24-23)27-18(29)12-35-22-26-25-19(34-22)15-7-8-16-17(11-15)33-13-32-16/h2-8,11H,9-10,12-13H2,1H3,(H,24,31)(H,27,29)/t23-/m0/s1. The van der Waals surface area contributed by atoms with Gasteiger partial charge in [0.1, 0.15) is 5.54 Å². The molecule has 11 nitrogen and oxygen atoms in total. The van der Waals surface area contributed by atoms with E-state index in [2.05, 4.69) is 20.9 Å². The Morgan fingerprint density at radius 3 is 2.77 bits per heavy atom. The number of ether oxygens (including phenoxy) is 2. The second-order valence-corrected chi connectivity index (χ2v) is 9.08. The molecule has 0 radical (unpaired) electrons. The zero-order valence-corrected chi connectivity index (χ0v) is 19.5.